The summed E-state index contributed by atoms with van der Waals surface area (Å²) in [7, 11) is 3.86. The summed E-state index contributed by atoms with van der Waals surface area (Å²) in [6.45, 7) is 2.10. The number of benzene rings is 3. The van der Waals surface area contributed by atoms with E-state index in [1.807, 2.05) is 32.5 Å². The van der Waals surface area contributed by atoms with E-state index in [2.05, 4.69) is 101 Å². The molecule has 164 valence electrons. The van der Waals surface area contributed by atoms with Crippen LogP contribution in [0.2, 0.25) is 0 Å². The van der Waals surface area contributed by atoms with Gasteiger partial charge in [0.2, 0.25) is 0 Å². The minimum Gasteiger partial charge on any atom is -0.230 e. The molecule has 4 aromatic heterocycles. The Morgan fingerprint density at radius 3 is 2.18 bits per heavy atom. The highest BCUT2D eigenvalue weighted by Gasteiger charge is 2.27. The third-order valence-electron chi connectivity index (χ3n) is 6.63. The zero-order valence-electron chi connectivity index (χ0n) is 19.0. The molecule has 0 atom stereocenters. The third kappa shape index (κ3) is 2.39. The summed E-state index contributed by atoms with van der Waals surface area (Å²) in [5.74, 6) is 0. The average Bonchev–Trinajstić information content (AvgIpc) is 3.58. The second-order valence-electron chi connectivity index (χ2n) is 8.71. The summed E-state index contributed by atoms with van der Waals surface area (Å²) in [5, 5.41) is 23.2. The molecule has 0 amide bonds. The Bertz CT molecular complexity index is 1940. The lowest BCUT2D eigenvalue weighted by atomic mass is 9.97. The van der Waals surface area contributed by atoms with Gasteiger partial charge in [0.1, 0.15) is 5.21 Å². The van der Waals surface area contributed by atoms with Gasteiger partial charge < -0.3 is 0 Å². The molecule has 34 heavy (non-hydrogen) atoms. The van der Waals surface area contributed by atoms with Crippen molar-refractivity contribution in [3.8, 4) is 0 Å². The molecule has 0 saturated carbocycles. The maximum atomic E-state index is 4.55. The van der Waals surface area contributed by atoms with Crippen LogP contribution in [-0.2, 0) is 14.1 Å². The van der Waals surface area contributed by atoms with Crippen LogP contribution < -0.4 is 10.0 Å². The smallest absolute Gasteiger partial charge is 0.230 e. The van der Waals surface area contributed by atoms with Crippen molar-refractivity contribution < 1.29 is 4.68 Å². The van der Waals surface area contributed by atoms with Crippen LogP contribution in [0.3, 0.4) is 0 Å². The second-order valence-corrected chi connectivity index (χ2v) is 8.71. The monoisotopic (exact) mass is 445 g/mol. The van der Waals surface area contributed by atoms with Gasteiger partial charge in [-0.2, -0.15) is 4.52 Å². The van der Waals surface area contributed by atoms with Gasteiger partial charge in [-0.25, -0.2) is 4.68 Å². The normalized spacial score (nSPS) is 13.0. The van der Waals surface area contributed by atoms with Crippen LogP contribution in [0.4, 0.5) is 0 Å². The van der Waals surface area contributed by atoms with Gasteiger partial charge in [0.05, 0.1) is 23.7 Å². The highest BCUT2D eigenvalue weighted by Crippen LogP contribution is 2.33. The Morgan fingerprint density at radius 2 is 1.41 bits per heavy atom. The van der Waals surface area contributed by atoms with E-state index in [0.29, 0.717) is 0 Å². The third-order valence-corrected chi connectivity index (χ3v) is 6.63. The fraction of sp³-hybridized carbons (Fsp3) is 0.115. The number of nitrogens with zero attached hydrogens (tertiary/aromatic N) is 8. The predicted molar refractivity (Wildman–Crippen MR) is 129 cm³/mol. The van der Waals surface area contributed by atoms with Crippen LogP contribution in [0.1, 0.15) is 16.8 Å². The molecule has 0 radical (unpaired) electrons. The molecule has 0 bridgehead atoms. The van der Waals surface area contributed by atoms with Crippen LogP contribution in [0.5, 0.6) is 0 Å². The number of hydrogen-bond acceptors (Lipinski definition) is 4. The Hall–Kier alpha value is -4.59. The molecule has 7 rings (SSSR count). The molecule has 0 fully saturated rings. The average molecular weight is 446 g/mol. The number of fused-ring (bicyclic) bond motifs is 6. The van der Waals surface area contributed by atoms with Gasteiger partial charge in [-0.05, 0) is 33.5 Å². The second kappa shape index (κ2) is 6.71. The number of rotatable bonds is 2. The van der Waals surface area contributed by atoms with Crippen LogP contribution in [0, 0.1) is 6.92 Å². The molecule has 3 aromatic carbocycles. The van der Waals surface area contributed by atoms with Crippen molar-refractivity contribution in [3.05, 3.63) is 95.0 Å². The summed E-state index contributed by atoms with van der Waals surface area (Å²) in [6.07, 6.45) is 0. The van der Waals surface area contributed by atoms with E-state index in [4.69, 9.17) is 0 Å². The van der Waals surface area contributed by atoms with Gasteiger partial charge in [0, 0.05) is 23.2 Å². The molecule has 0 unspecified atom stereocenters. The Kier molecular flexibility index (Phi) is 3.73. The first-order valence-electron chi connectivity index (χ1n) is 11.2. The summed E-state index contributed by atoms with van der Waals surface area (Å²) in [5.41, 5.74) is 6.21. The van der Waals surface area contributed by atoms with Gasteiger partial charge in [0.15, 0.2) is 16.2 Å². The van der Waals surface area contributed by atoms with E-state index >= 15 is 0 Å². The Balaban J connectivity index is 1.81. The summed E-state index contributed by atoms with van der Waals surface area (Å²) >= 11 is 0. The number of tetrazole rings is 2. The zero-order valence-corrected chi connectivity index (χ0v) is 19.0. The lowest BCUT2D eigenvalue weighted by molar-refractivity contribution is -0.706. The van der Waals surface area contributed by atoms with E-state index in [-0.39, 0.29) is 0 Å². The molecule has 0 aliphatic heterocycles. The van der Waals surface area contributed by atoms with Crippen molar-refractivity contribution in [1.82, 2.24) is 34.6 Å². The number of hydrogen-bond donors (Lipinski definition) is 0. The maximum absolute atomic E-state index is 4.55. The topological polar surface area (TPSA) is 69.2 Å². The molecule has 8 nitrogen and oxygen atoms in total. The highest BCUT2D eigenvalue weighted by molar-refractivity contribution is 6.06. The van der Waals surface area contributed by atoms with E-state index < -0.39 is 0 Å². The molecular weight excluding hydrogens is 424 g/mol. The van der Waals surface area contributed by atoms with E-state index in [0.717, 1.165) is 55.0 Å². The highest BCUT2D eigenvalue weighted by atomic mass is 15.6. The van der Waals surface area contributed by atoms with Gasteiger partial charge in [0.25, 0.3) is 5.65 Å². The fourth-order valence-corrected chi connectivity index (χ4v) is 5.11. The largest absolute Gasteiger partial charge is 0.295 e. The first kappa shape index (κ1) is 18.9. The van der Waals surface area contributed by atoms with Crippen LogP contribution in [0.15, 0.2) is 72.8 Å². The van der Waals surface area contributed by atoms with E-state index in [1.165, 1.54) is 5.56 Å². The first-order valence-corrected chi connectivity index (χ1v) is 11.2. The molecule has 0 aliphatic rings. The minimum atomic E-state index is 0.950. The molecule has 0 saturated heterocycles. The lowest BCUT2D eigenvalue weighted by Gasteiger charge is -2.07. The first-order chi connectivity index (χ1) is 16.6. The molecule has 7 aromatic rings. The maximum Gasteiger partial charge on any atom is 0.295 e. The van der Waals surface area contributed by atoms with Gasteiger partial charge in [-0.1, -0.05) is 72.3 Å². The van der Waals surface area contributed by atoms with Crippen molar-refractivity contribution in [2.75, 3.05) is 0 Å². The van der Waals surface area contributed by atoms with Gasteiger partial charge in [-0.3, -0.25) is 0 Å². The van der Waals surface area contributed by atoms with E-state index in [9.17, 15) is 0 Å². The quantitative estimate of drug-likeness (QED) is 0.384. The summed E-state index contributed by atoms with van der Waals surface area (Å²) in [4.78, 5) is 0. The number of aryl methyl sites for hydroxylation is 3. The molecular formula is C26H21N8+. The van der Waals surface area contributed by atoms with Crippen molar-refractivity contribution >= 4 is 38.4 Å². The Labute approximate surface area is 193 Å². The van der Waals surface area contributed by atoms with Crippen molar-refractivity contribution in [2.45, 2.75) is 6.92 Å². The van der Waals surface area contributed by atoms with Crippen molar-refractivity contribution in [2.24, 2.45) is 14.1 Å². The molecule has 0 N–H and O–H groups in total. The van der Waals surface area contributed by atoms with Crippen molar-refractivity contribution in [1.29, 1.82) is 0 Å². The minimum absolute atomic E-state index is 0.950. The molecule has 8 heteroatoms. The van der Waals surface area contributed by atoms with Crippen molar-refractivity contribution in [3.63, 3.8) is 0 Å². The predicted octanol–water partition coefficient (Wildman–Crippen LogP) is 2.52. The summed E-state index contributed by atoms with van der Waals surface area (Å²) < 4.78 is 7.55. The molecule has 0 spiro atoms. The fourth-order valence-electron chi connectivity index (χ4n) is 5.11. The van der Waals surface area contributed by atoms with Crippen LogP contribution in [0.25, 0.3) is 38.4 Å². The summed E-state index contributed by atoms with van der Waals surface area (Å²) in [6, 6.07) is 25.4. The Morgan fingerprint density at radius 1 is 0.735 bits per heavy atom. The standard InChI is InChI=1S/C26H21N8/c1-16-12-14-17(15-13-16)22(23-18-8-4-6-10-20(18)25-31(2)27-29-33(23)25)24-19-9-5-7-11-21(19)26-32(3)28-30-34(24)26/h4-15H,1-3H3/q+1. The zero-order chi connectivity index (χ0) is 23.0. The number of aromatic nitrogens is 8. The molecule has 4 heterocycles. The molecule has 0 aliphatic carbocycles. The SMILES string of the molecule is Cc1ccc(/C(c2c3ccccc3c3n(C)nnn23)=c2\c3ccccc3c3n2nn[n+]3C)cc1. The van der Waals surface area contributed by atoms with Crippen LogP contribution >= 0.6 is 0 Å². The lowest BCUT2D eigenvalue weighted by Crippen LogP contribution is -2.30. The van der Waals surface area contributed by atoms with Gasteiger partial charge >= 0.3 is 0 Å². The van der Waals surface area contributed by atoms with Gasteiger partial charge in [-0.15, -0.1) is 4.68 Å². The van der Waals surface area contributed by atoms with Crippen LogP contribution in [-0.4, -0.2) is 34.6 Å². The van der Waals surface area contributed by atoms with E-state index in [1.54, 1.807) is 0 Å².